The molecule has 0 aromatic carbocycles. The molecule has 1 atom stereocenters. The molecule has 20 heavy (non-hydrogen) atoms. The number of carbonyl (C=O) groups excluding carboxylic acids is 1. The number of ether oxygens (including phenoxy) is 1. The Balaban J connectivity index is 3.04. The standard InChI is InChI=1S/C12H14BrF3N2O2/c1-7(11(19)20-3)6-18(2)10-9(12(14,15)16)4-8(13)5-17-10/h4-5,7H,6H2,1-3H3. The maximum atomic E-state index is 13.0. The molecule has 0 saturated carbocycles. The van der Waals surface area contributed by atoms with Gasteiger partial charge in [-0.1, -0.05) is 6.92 Å². The lowest BCUT2D eigenvalue weighted by molar-refractivity contribution is -0.144. The number of carbonyl (C=O) groups is 1. The minimum Gasteiger partial charge on any atom is -0.469 e. The molecular weight excluding hydrogens is 341 g/mol. The van der Waals surface area contributed by atoms with Crippen molar-refractivity contribution in [1.29, 1.82) is 0 Å². The van der Waals surface area contributed by atoms with Crippen LogP contribution in [0.3, 0.4) is 0 Å². The molecule has 1 unspecified atom stereocenters. The van der Waals surface area contributed by atoms with Gasteiger partial charge in [-0.15, -0.1) is 0 Å². The van der Waals surface area contributed by atoms with E-state index < -0.39 is 23.6 Å². The number of pyridine rings is 1. The Hall–Kier alpha value is -1.31. The summed E-state index contributed by atoms with van der Waals surface area (Å²) in [6.07, 6.45) is -3.24. The van der Waals surface area contributed by atoms with Crippen LogP contribution in [0.25, 0.3) is 0 Å². The number of hydrogen-bond donors (Lipinski definition) is 0. The van der Waals surface area contributed by atoms with Crippen LogP contribution in [0.4, 0.5) is 19.0 Å². The summed E-state index contributed by atoms with van der Waals surface area (Å²) >= 11 is 2.97. The van der Waals surface area contributed by atoms with E-state index in [2.05, 4.69) is 25.7 Å². The van der Waals surface area contributed by atoms with Crippen LogP contribution in [0.5, 0.6) is 0 Å². The van der Waals surface area contributed by atoms with Gasteiger partial charge in [-0.05, 0) is 22.0 Å². The van der Waals surface area contributed by atoms with Crippen molar-refractivity contribution in [2.45, 2.75) is 13.1 Å². The number of anilines is 1. The van der Waals surface area contributed by atoms with E-state index in [9.17, 15) is 18.0 Å². The van der Waals surface area contributed by atoms with E-state index in [1.54, 1.807) is 6.92 Å². The third-order valence-electron chi connectivity index (χ3n) is 2.65. The largest absolute Gasteiger partial charge is 0.469 e. The van der Waals surface area contributed by atoms with Gasteiger partial charge in [0.05, 0.1) is 18.6 Å². The summed E-state index contributed by atoms with van der Waals surface area (Å²) < 4.78 is 43.7. The number of nitrogens with zero attached hydrogens (tertiary/aromatic N) is 2. The predicted molar refractivity (Wildman–Crippen MR) is 71.4 cm³/mol. The highest BCUT2D eigenvalue weighted by atomic mass is 79.9. The van der Waals surface area contributed by atoms with Gasteiger partial charge >= 0.3 is 12.1 Å². The Labute approximate surface area is 123 Å². The summed E-state index contributed by atoms with van der Waals surface area (Å²) in [6.45, 7) is 1.65. The summed E-state index contributed by atoms with van der Waals surface area (Å²) in [5.41, 5.74) is -0.855. The molecule has 0 amide bonds. The van der Waals surface area contributed by atoms with Gasteiger partial charge in [0.1, 0.15) is 5.82 Å². The fourth-order valence-corrected chi connectivity index (χ4v) is 2.05. The van der Waals surface area contributed by atoms with Crippen molar-refractivity contribution in [1.82, 2.24) is 4.98 Å². The molecule has 0 aliphatic heterocycles. The molecule has 0 N–H and O–H groups in total. The smallest absolute Gasteiger partial charge is 0.419 e. The van der Waals surface area contributed by atoms with Crippen molar-refractivity contribution in [3.8, 4) is 0 Å². The molecule has 1 aromatic rings. The molecule has 0 aliphatic rings. The van der Waals surface area contributed by atoms with Crippen LogP contribution in [-0.2, 0) is 15.7 Å². The zero-order valence-corrected chi connectivity index (χ0v) is 12.7. The molecule has 0 radical (unpaired) electrons. The summed E-state index contributed by atoms with van der Waals surface area (Å²) in [5, 5.41) is 0. The van der Waals surface area contributed by atoms with E-state index in [1.807, 2.05) is 0 Å². The minimum atomic E-state index is -4.52. The molecule has 1 rings (SSSR count). The van der Waals surface area contributed by atoms with Crippen LogP contribution in [0.2, 0.25) is 0 Å². The van der Waals surface area contributed by atoms with Gasteiger partial charge in [-0.3, -0.25) is 4.79 Å². The van der Waals surface area contributed by atoms with Crippen molar-refractivity contribution in [2.24, 2.45) is 5.92 Å². The Morgan fingerprint density at radius 1 is 1.55 bits per heavy atom. The van der Waals surface area contributed by atoms with E-state index in [4.69, 9.17) is 0 Å². The number of esters is 1. The third-order valence-corrected chi connectivity index (χ3v) is 3.09. The number of alkyl halides is 3. The average Bonchev–Trinajstić information content (AvgIpc) is 2.36. The van der Waals surface area contributed by atoms with Gasteiger partial charge in [-0.25, -0.2) is 4.98 Å². The molecule has 0 saturated heterocycles. The maximum Gasteiger partial charge on any atom is 0.419 e. The summed E-state index contributed by atoms with van der Waals surface area (Å²) in [6, 6.07) is 0.960. The second-order valence-electron chi connectivity index (χ2n) is 4.33. The van der Waals surface area contributed by atoms with E-state index in [-0.39, 0.29) is 16.8 Å². The molecule has 8 heteroatoms. The van der Waals surface area contributed by atoms with Crippen LogP contribution in [0.1, 0.15) is 12.5 Å². The van der Waals surface area contributed by atoms with Crippen molar-refractivity contribution in [2.75, 3.05) is 25.6 Å². The molecule has 0 bridgehead atoms. The quantitative estimate of drug-likeness (QED) is 0.779. The zero-order valence-electron chi connectivity index (χ0n) is 11.2. The van der Waals surface area contributed by atoms with Crippen LogP contribution in [-0.4, -0.2) is 31.7 Å². The van der Waals surface area contributed by atoms with Gasteiger partial charge < -0.3 is 9.64 Å². The normalized spacial score (nSPS) is 12.9. The SMILES string of the molecule is COC(=O)C(C)CN(C)c1ncc(Br)cc1C(F)(F)F. The molecule has 0 aliphatic carbocycles. The fourth-order valence-electron chi connectivity index (χ4n) is 1.72. The maximum absolute atomic E-state index is 13.0. The van der Waals surface area contributed by atoms with Gasteiger partial charge in [0.2, 0.25) is 0 Å². The van der Waals surface area contributed by atoms with E-state index in [1.165, 1.54) is 25.3 Å². The first-order valence-corrected chi connectivity index (χ1v) is 6.47. The van der Waals surface area contributed by atoms with Gasteiger partial charge in [0.15, 0.2) is 0 Å². The van der Waals surface area contributed by atoms with Crippen molar-refractivity contribution in [3.05, 3.63) is 22.3 Å². The van der Waals surface area contributed by atoms with Crippen LogP contribution < -0.4 is 4.90 Å². The van der Waals surface area contributed by atoms with Crippen LogP contribution in [0.15, 0.2) is 16.7 Å². The lowest BCUT2D eigenvalue weighted by Gasteiger charge is -2.24. The van der Waals surface area contributed by atoms with Gasteiger partial charge in [0.25, 0.3) is 0 Å². The summed E-state index contributed by atoms with van der Waals surface area (Å²) in [7, 11) is 2.68. The Morgan fingerprint density at radius 2 is 2.15 bits per heavy atom. The Kier molecular flexibility index (Phi) is 5.38. The Bertz CT molecular complexity index is 494. The molecule has 112 valence electrons. The van der Waals surface area contributed by atoms with E-state index >= 15 is 0 Å². The average molecular weight is 355 g/mol. The molecular formula is C12H14BrF3N2O2. The first-order chi connectivity index (χ1) is 9.16. The second-order valence-corrected chi connectivity index (χ2v) is 5.24. The number of hydrogen-bond acceptors (Lipinski definition) is 4. The molecule has 1 heterocycles. The number of methoxy groups -OCH3 is 1. The fraction of sp³-hybridized carbons (Fsp3) is 0.500. The lowest BCUT2D eigenvalue weighted by atomic mass is 10.1. The Morgan fingerprint density at radius 3 is 2.65 bits per heavy atom. The van der Waals surface area contributed by atoms with Gasteiger partial charge in [0, 0.05) is 24.3 Å². The first kappa shape index (κ1) is 16.7. The topological polar surface area (TPSA) is 42.4 Å². The highest BCUT2D eigenvalue weighted by molar-refractivity contribution is 9.10. The van der Waals surface area contributed by atoms with E-state index in [0.717, 1.165) is 6.07 Å². The number of rotatable bonds is 4. The monoisotopic (exact) mass is 354 g/mol. The summed E-state index contributed by atoms with van der Waals surface area (Å²) in [5.74, 6) is -1.27. The van der Waals surface area contributed by atoms with Crippen molar-refractivity contribution in [3.63, 3.8) is 0 Å². The second kappa shape index (κ2) is 6.43. The van der Waals surface area contributed by atoms with Crippen molar-refractivity contribution >= 4 is 27.7 Å². The highest BCUT2D eigenvalue weighted by Gasteiger charge is 2.36. The molecule has 4 nitrogen and oxygen atoms in total. The zero-order chi connectivity index (χ0) is 15.5. The van der Waals surface area contributed by atoms with Crippen LogP contribution in [0, 0.1) is 5.92 Å². The molecule has 1 aromatic heterocycles. The summed E-state index contributed by atoms with van der Waals surface area (Å²) in [4.78, 5) is 16.4. The van der Waals surface area contributed by atoms with Gasteiger partial charge in [-0.2, -0.15) is 13.2 Å². The van der Waals surface area contributed by atoms with Crippen LogP contribution >= 0.6 is 15.9 Å². The molecule has 0 spiro atoms. The number of aromatic nitrogens is 1. The molecule has 0 fully saturated rings. The lowest BCUT2D eigenvalue weighted by Crippen LogP contribution is -2.31. The first-order valence-electron chi connectivity index (χ1n) is 5.68. The van der Waals surface area contributed by atoms with E-state index in [0.29, 0.717) is 0 Å². The predicted octanol–water partition coefficient (Wildman–Crippen LogP) is 3.11. The minimum absolute atomic E-state index is 0.0738. The highest BCUT2D eigenvalue weighted by Crippen LogP contribution is 2.36. The van der Waals surface area contributed by atoms with Crippen molar-refractivity contribution < 1.29 is 22.7 Å². The number of halogens is 4. The third kappa shape index (κ3) is 4.09.